The number of hydrogen-bond acceptors (Lipinski definition) is 11. The summed E-state index contributed by atoms with van der Waals surface area (Å²) in [7, 11) is -2.23. The van der Waals surface area contributed by atoms with Gasteiger partial charge in [0.05, 0.1) is 35.3 Å². The van der Waals surface area contributed by atoms with Gasteiger partial charge in [-0.05, 0) is 99.6 Å². The van der Waals surface area contributed by atoms with Crippen LogP contribution in [0.5, 0.6) is 17.2 Å². The van der Waals surface area contributed by atoms with Gasteiger partial charge < -0.3 is 29.0 Å². The van der Waals surface area contributed by atoms with Crippen LogP contribution in [-0.4, -0.2) is 68.4 Å². The highest BCUT2D eigenvalue weighted by Gasteiger charge is 2.30. The average molecular weight is 904 g/mol. The number of aryl methyl sites for hydroxylation is 2. The van der Waals surface area contributed by atoms with E-state index >= 15 is 0 Å². The van der Waals surface area contributed by atoms with Crippen molar-refractivity contribution in [2.45, 2.75) is 33.1 Å². The molecule has 5 aromatic rings. The third kappa shape index (κ3) is 15.0. The van der Waals surface area contributed by atoms with Crippen molar-refractivity contribution in [3.8, 4) is 17.2 Å². The van der Waals surface area contributed by atoms with E-state index in [1.807, 2.05) is 38.1 Å². The molecule has 0 aliphatic heterocycles. The normalized spacial score (nSPS) is 12.0. The van der Waals surface area contributed by atoms with Gasteiger partial charge in [-0.3, -0.25) is 28.7 Å². The number of methoxy groups -OCH3 is 1. The van der Waals surface area contributed by atoms with Gasteiger partial charge >= 0.3 is 29.4 Å². The fourth-order valence-electron chi connectivity index (χ4n) is 5.07. The Labute approximate surface area is 366 Å². The number of esters is 1. The molecule has 0 aliphatic rings. The molecule has 0 saturated carbocycles. The van der Waals surface area contributed by atoms with Crippen molar-refractivity contribution in [1.29, 1.82) is 0 Å². The maximum Gasteiger partial charge on any atom is 0.446 e. The maximum atomic E-state index is 13.1. The first kappa shape index (κ1) is 47.7. The van der Waals surface area contributed by atoms with E-state index in [4.69, 9.17) is 31.8 Å². The Morgan fingerprint density at radius 1 is 0.774 bits per heavy atom. The summed E-state index contributed by atoms with van der Waals surface area (Å²) in [5, 5.41) is 5.29. The van der Waals surface area contributed by atoms with Crippen molar-refractivity contribution >= 4 is 73.5 Å². The zero-order valence-electron chi connectivity index (χ0n) is 34.0. The van der Waals surface area contributed by atoms with Gasteiger partial charge in [-0.2, -0.15) is 4.21 Å². The van der Waals surface area contributed by atoms with E-state index in [1.165, 1.54) is 55.6 Å². The number of anilines is 3. The van der Waals surface area contributed by atoms with Crippen LogP contribution in [0.15, 0.2) is 115 Å². The Hall–Kier alpha value is -6.94. The first-order valence-electron chi connectivity index (χ1n) is 18.4. The number of halogens is 1. The third-order valence-electron chi connectivity index (χ3n) is 8.04. The molecule has 324 valence electrons. The van der Waals surface area contributed by atoms with E-state index in [0.29, 0.717) is 17.2 Å². The number of ketones is 1. The van der Waals surface area contributed by atoms with E-state index in [-0.39, 0.29) is 39.8 Å². The molecule has 0 spiro atoms. The molecule has 3 atom stereocenters. The lowest BCUT2D eigenvalue weighted by molar-refractivity contribution is -0.126. The van der Waals surface area contributed by atoms with Crippen molar-refractivity contribution in [1.82, 2.24) is 5.32 Å². The number of nitrogens with zero attached hydrogens (tertiary/aromatic N) is 1. The molecule has 19 heteroatoms. The second-order valence-corrected chi connectivity index (χ2v) is 16.1. The standard InChI is InChI=1S/C25H27N3O7S2.C18H15ClN2O4/c1-4-26-25(30)24(23(29)18-10-12-19(13-11-18)28-37(3,32)33)34-22-7-5-6-20(16-22)27-36(31)35-21-14-8-17(2)9-15-21;1-11-4-7-13(8-5-11)25-17(20-2)16(22)21-15-10-12(18(23)24-3)6-9-14(15)19/h5-16,24,27-28H,4H2,1-3H3,(H,26,30);4-10,17H,1,3H3,(H,21,22). The summed E-state index contributed by atoms with van der Waals surface area (Å²) in [5.74, 6) is -1.53. The van der Waals surface area contributed by atoms with Crippen molar-refractivity contribution in [3.05, 3.63) is 154 Å². The number of Topliss-reactive ketones (excluding diaryl/α,β-unsaturated/α-hetero) is 1. The van der Waals surface area contributed by atoms with Gasteiger partial charge in [0.2, 0.25) is 21.9 Å². The molecule has 4 N–H and O–H groups in total. The Bertz CT molecular complexity index is 2550. The molecule has 0 bridgehead atoms. The molecule has 62 heavy (non-hydrogen) atoms. The lowest BCUT2D eigenvalue weighted by Crippen LogP contribution is -2.43. The Morgan fingerprint density at radius 2 is 1.39 bits per heavy atom. The number of carbonyl (C=O) groups excluding carboxylic acids is 4. The lowest BCUT2D eigenvalue weighted by Gasteiger charge is -2.18. The first-order valence-corrected chi connectivity index (χ1v) is 21.7. The van der Waals surface area contributed by atoms with Gasteiger partial charge in [-0.25, -0.2) is 19.8 Å². The van der Waals surface area contributed by atoms with E-state index in [2.05, 4.69) is 29.7 Å². The number of amides is 2. The molecular formula is C43H42ClN5O11S2. The molecule has 16 nitrogen and oxygen atoms in total. The average Bonchev–Trinajstić information content (AvgIpc) is 3.23. The van der Waals surface area contributed by atoms with E-state index in [0.717, 1.165) is 17.4 Å². The van der Waals surface area contributed by atoms with Crippen LogP contribution >= 0.6 is 11.6 Å². The van der Waals surface area contributed by atoms with Crippen LogP contribution in [0.25, 0.3) is 4.85 Å². The predicted octanol–water partition coefficient (Wildman–Crippen LogP) is 6.90. The predicted molar refractivity (Wildman–Crippen MR) is 236 cm³/mol. The maximum absolute atomic E-state index is 13.1. The molecule has 2 amide bonds. The zero-order valence-corrected chi connectivity index (χ0v) is 36.4. The van der Waals surface area contributed by atoms with Crippen LogP contribution in [0.4, 0.5) is 17.1 Å². The first-order chi connectivity index (χ1) is 29.5. The van der Waals surface area contributed by atoms with Gasteiger partial charge in [0.15, 0.2) is 0 Å². The monoisotopic (exact) mass is 903 g/mol. The van der Waals surface area contributed by atoms with Crippen molar-refractivity contribution in [2.75, 3.05) is 34.7 Å². The number of likely N-dealkylation sites (N-methyl/N-ethyl adjacent to an activating group) is 1. The number of ether oxygens (including phenoxy) is 3. The number of nitrogens with one attached hydrogen (secondary N) is 4. The number of benzene rings is 5. The van der Waals surface area contributed by atoms with Crippen LogP contribution in [0.3, 0.4) is 0 Å². The van der Waals surface area contributed by atoms with Gasteiger partial charge in [0, 0.05) is 23.9 Å². The SMILES string of the molecule is CCNC(=O)C(Oc1cccc(NS(=O)Oc2ccc(C)cc2)c1)C(=O)c1ccc(NS(C)(=O)=O)cc1.[C-]#[N+]C(Oc1ccc(C)cc1)C(=O)Nc1cc(C(=O)OC)ccc1Cl. The van der Waals surface area contributed by atoms with Gasteiger partial charge in [0.1, 0.15) is 17.2 Å². The highest BCUT2D eigenvalue weighted by atomic mass is 35.5. The Morgan fingerprint density at radius 3 is 1.97 bits per heavy atom. The number of sulfonamides is 1. The van der Waals surface area contributed by atoms with Crippen LogP contribution in [0.1, 0.15) is 38.8 Å². The summed E-state index contributed by atoms with van der Waals surface area (Å²) in [5.41, 5.74) is 3.28. The second kappa shape index (κ2) is 22.6. The zero-order chi connectivity index (χ0) is 45.4. The topological polar surface area (TPSA) is 209 Å². The summed E-state index contributed by atoms with van der Waals surface area (Å²) in [4.78, 5) is 52.9. The van der Waals surface area contributed by atoms with Gasteiger partial charge in [0.25, 0.3) is 5.91 Å². The molecule has 0 heterocycles. The van der Waals surface area contributed by atoms with Crippen molar-refractivity contribution < 1.29 is 50.2 Å². The summed E-state index contributed by atoms with van der Waals surface area (Å²) in [6.45, 7) is 13.0. The van der Waals surface area contributed by atoms with Crippen molar-refractivity contribution in [2.24, 2.45) is 0 Å². The van der Waals surface area contributed by atoms with Crippen LogP contribution in [-0.2, 0) is 35.6 Å². The fraction of sp³-hybridized carbons (Fsp3) is 0.186. The van der Waals surface area contributed by atoms with E-state index in [1.54, 1.807) is 49.4 Å². The van der Waals surface area contributed by atoms with Crippen LogP contribution in [0.2, 0.25) is 5.02 Å². The van der Waals surface area contributed by atoms with Crippen molar-refractivity contribution in [3.63, 3.8) is 0 Å². The molecular weight excluding hydrogens is 862 g/mol. The van der Waals surface area contributed by atoms with E-state index in [9.17, 15) is 31.8 Å². The summed E-state index contributed by atoms with van der Waals surface area (Å²) < 4.78 is 61.3. The molecule has 0 radical (unpaired) electrons. The number of rotatable bonds is 17. The smallest absolute Gasteiger partial charge is 0.446 e. The largest absolute Gasteiger partial charge is 0.472 e. The highest BCUT2D eigenvalue weighted by Crippen LogP contribution is 2.25. The minimum Gasteiger partial charge on any atom is -0.472 e. The Kier molecular flexibility index (Phi) is 17.4. The third-order valence-corrected chi connectivity index (χ3v) is 9.72. The molecule has 0 aromatic heterocycles. The second-order valence-electron chi connectivity index (χ2n) is 13.1. The van der Waals surface area contributed by atoms with Gasteiger partial charge in [-0.1, -0.05) is 53.1 Å². The van der Waals surface area contributed by atoms with Crippen LogP contribution in [0, 0.1) is 20.4 Å². The quantitative estimate of drug-likeness (QED) is 0.0327. The number of carbonyl (C=O) groups is 4. The van der Waals surface area contributed by atoms with E-state index < -0.39 is 57.2 Å². The fourth-order valence-corrected chi connectivity index (χ4v) is 6.45. The summed E-state index contributed by atoms with van der Waals surface area (Å²) in [6, 6.07) is 30.2. The minimum absolute atomic E-state index is 0.150. The molecule has 0 aliphatic carbocycles. The molecule has 5 rings (SSSR count). The molecule has 3 unspecified atom stereocenters. The number of hydrogen-bond donors (Lipinski definition) is 4. The minimum atomic E-state index is -3.48. The summed E-state index contributed by atoms with van der Waals surface area (Å²) >= 11 is 4.12. The molecule has 5 aromatic carbocycles. The van der Waals surface area contributed by atoms with Gasteiger partial charge in [-0.15, -0.1) is 0 Å². The Balaban J connectivity index is 0.000000294. The highest BCUT2D eigenvalue weighted by molar-refractivity contribution is 7.92. The van der Waals surface area contributed by atoms with Crippen LogP contribution < -0.4 is 33.7 Å². The molecule has 0 saturated heterocycles. The molecule has 0 fully saturated rings. The summed E-state index contributed by atoms with van der Waals surface area (Å²) in [6.07, 6.45) is -1.89. The lowest BCUT2D eigenvalue weighted by atomic mass is 10.0.